The Kier molecular flexibility index (Phi) is 14.3. The lowest BCUT2D eigenvalue weighted by atomic mass is 10.3. The molecule has 0 amide bonds. The molecule has 0 unspecified atom stereocenters. The van der Waals surface area contributed by atoms with E-state index in [9.17, 15) is 0 Å². The molecule has 12 aromatic rings. The standard InChI is InChI=1S/C13H11N3OS.C12H12N4OS.C12H9N3OS.C11H9N3O2S/c1-8-7-18-11-10(8)15-12(16-13(11)17-2)9-5-3-4-6-14-9;1-7-6-9(16(2)15-7)11-13-8-4-5-18-10(8)12(14-11)17-3;1-16-12-10-8(5-7-17-10)14-11(15-12)9-4-2-3-6-13-9;1-6-5-8(14-16-6)10-12-7-3-4-17-9(7)11(13-10)15-2/h3-7H,1-2H3;4-6H,1-3H3;2-7H,1H3;3-5H,1-2H3. The van der Waals surface area contributed by atoms with Crippen molar-refractivity contribution in [3.05, 3.63) is 118 Å². The van der Waals surface area contributed by atoms with Crippen LogP contribution in [0.1, 0.15) is 17.0 Å². The number of methoxy groups -OCH3 is 4. The molecule has 70 heavy (non-hydrogen) atoms. The molecule has 12 aromatic heterocycles. The number of rotatable bonds is 8. The summed E-state index contributed by atoms with van der Waals surface area (Å²) in [5.41, 5.74) is 8.68. The molecule has 0 spiro atoms. The van der Waals surface area contributed by atoms with Crippen molar-refractivity contribution in [1.29, 1.82) is 0 Å². The normalized spacial score (nSPS) is 10.9. The molecule has 0 radical (unpaired) electrons. The zero-order valence-corrected chi connectivity index (χ0v) is 42.1. The molecule has 18 nitrogen and oxygen atoms in total. The lowest BCUT2D eigenvalue weighted by Gasteiger charge is -2.04. The topological polar surface area (TPSA) is 210 Å². The molecule has 0 saturated carbocycles. The third-order valence-electron chi connectivity index (χ3n) is 10.0. The first-order valence-electron chi connectivity index (χ1n) is 21.1. The number of aryl methyl sites for hydroxylation is 4. The minimum atomic E-state index is 0.518. The number of pyridine rings is 2. The van der Waals surface area contributed by atoms with Gasteiger partial charge in [0.1, 0.15) is 41.6 Å². The van der Waals surface area contributed by atoms with E-state index in [-0.39, 0.29) is 0 Å². The maximum absolute atomic E-state index is 5.33. The smallest absolute Gasteiger partial charge is 0.235 e. The SMILES string of the molecule is COc1nc(-c2cc(C)nn2C)nc2ccsc12.COc1nc(-c2cc(C)on2)nc2ccsc12.COc1nc(-c2ccccn2)nc2c(C)csc12.COc1nc(-c2ccccn2)nc2ccsc12. The molecule has 0 aromatic carbocycles. The zero-order chi connectivity index (χ0) is 48.7. The Bertz CT molecular complexity index is 3700. The van der Waals surface area contributed by atoms with Gasteiger partial charge in [-0.15, -0.1) is 45.3 Å². The van der Waals surface area contributed by atoms with Crippen LogP contribution in [-0.2, 0) is 7.05 Å². The number of thiophene rings is 4. The zero-order valence-electron chi connectivity index (χ0n) is 38.8. The maximum atomic E-state index is 5.33. The van der Waals surface area contributed by atoms with Crippen molar-refractivity contribution >= 4 is 86.2 Å². The van der Waals surface area contributed by atoms with Gasteiger partial charge in [-0.05, 0) is 96.4 Å². The van der Waals surface area contributed by atoms with Gasteiger partial charge in [-0.2, -0.15) is 25.0 Å². The van der Waals surface area contributed by atoms with E-state index < -0.39 is 0 Å². The van der Waals surface area contributed by atoms with Crippen molar-refractivity contribution in [2.45, 2.75) is 20.8 Å². The number of fused-ring (bicyclic) bond motifs is 4. The monoisotopic (exact) mass is 1010 g/mol. The summed E-state index contributed by atoms with van der Waals surface area (Å²) in [7, 11) is 8.35. The molecule has 0 saturated heterocycles. The molecule has 22 heteroatoms. The van der Waals surface area contributed by atoms with Gasteiger partial charge in [0.25, 0.3) is 0 Å². The Labute approximate surface area is 415 Å². The minimum Gasteiger partial charge on any atom is -0.480 e. The first-order valence-corrected chi connectivity index (χ1v) is 24.6. The van der Waals surface area contributed by atoms with Gasteiger partial charge in [0.15, 0.2) is 29.0 Å². The highest BCUT2D eigenvalue weighted by Crippen LogP contribution is 2.34. The highest BCUT2D eigenvalue weighted by Gasteiger charge is 2.17. The van der Waals surface area contributed by atoms with Crippen LogP contribution in [0.15, 0.2) is 105 Å². The predicted octanol–water partition coefficient (Wildman–Crippen LogP) is 10.9. The number of hydrogen-bond acceptors (Lipinski definition) is 21. The fraction of sp³-hybridized carbons (Fsp3) is 0.167. The van der Waals surface area contributed by atoms with Gasteiger partial charge in [-0.25, -0.2) is 19.9 Å². The third-order valence-corrected chi connectivity index (χ3v) is 13.8. The van der Waals surface area contributed by atoms with E-state index in [0.29, 0.717) is 52.5 Å². The molecule has 12 rings (SSSR count). The molecule has 352 valence electrons. The van der Waals surface area contributed by atoms with Crippen molar-refractivity contribution in [3.63, 3.8) is 0 Å². The molecular formula is C48H41N13O5S4. The Balaban J connectivity index is 0.000000116. The number of nitrogens with zero attached hydrogens (tertiary/aromatic N) is 13. The van der Waals surface area contributed by atoms with E-state index >= 15 is 0 Å². The molecule has 0 aliphatic carbocycles. The molecule has 0 N–H and O–H groups in total. The Hall–Kier alpha value is -7.92. The largest absolute Gasteiger partial charge is 0.480 e. The van der Waals surface area contributed by atoms with E-state index in [1.165, 1.54) is 0 Å². The van der Waals surface area contributed by atoms with Crippen molar-refractivity contribution in [1.82, 2.24) is 64.8 Å². The van der Waals surface area contributed by atoms with E-state index in [2.05, 4.69) is 65.5 Å². The molecule has 0 atom stereocenters. The van der Waals surface area contributed by atoms with Gasteiger partial charge in [0.2, 0.25) is 23.5 Å². The highest BCUT2D eigenvalue weighted by atomic mass is 32.1. The molecule has 0 aliphatic rings. The lowest BCUT2D eigenvalue weighted by molar-refractivity contribution is 0.397. The average molecular weight is 1010 g/mol. The van der Waals surface area contributed by atoms with Crippen LogP contribution < -0.4 is 18.9 Å². The maximum Gasteiger partial charge on any atom is 0.235 e. The van der Waals surface area contributed by atoms with Crippen LogP contribution in [0.3, 0.4) is 0 Å². The first-order chi connectivity index (χ1) is 34.1. The summed E-state index contributed by atoms with van der Waals surface area (Å²) < 4.78 is 31.9. The van der Waals surface area contributed by atoms with Crippen molar-refractivity contribution in [2.75, 3.05) is 28.4 Å². The van der Waals surface area contributed by atoms with Crippen molar-refractivity contribution < 1.29 is 23.5 Å². The summed E-state index contributed by atoms with van der Waals surface area (Å²) in [6, 6.07) is 21.0. The van der Waals surface area contributed by atoms with Crippen LogP contribution in [0, 0.1) is 20.8 Å². The number of aromatic nitrogens is 13. The second-order valence-corrected chi connectivity index (χ2v) is 18.4. The quantitative estimate of drug-likeness (QED) is 0.139. The lowest BCUT2D eigenvalue weighted by Crippen LogP contribution is -1.99. The summed E-state index contributed by atoms with van der Waals surface area (Å²) in [6.45, 7) is 5.81. The number of ether oxygens (including phenoxy) is 4. The molecule has 0 aliphatic heterocycles. The Morgan fingerprint density at radius 2 is 0.971 bits per heavy atom. The summed E-state index contributed by atoms with van der Waals surface area (Å²) >= 11 is 6.30. The number of hydrogen-bond donors (Lipinski definition) is 0. The van der Waals surface area contributed by atoms with Crippen LogP contribution in [0.25, 0.3) is 86.9 Å². The first kappa shape index (κ1) is 47.2. The van der Waals surface area contributed by atoms with Gasteiger partial charge in [0.05, 0.1) is 56.2 Å². The molecular weight excluding hydrogens is 967 g/mol. The van der Waals surface area contributed by atoms with Crippen LogP contribution in [0.5, 0.6) is 23.5 Å². The van der Waals surface area contributed by atoms with Crippen LogP contribution in [0.2, 0.25) is 0 Å². The fourth-order valence-corrected chi connectivity index (χ4v) is 10.2. The van der Waals surface area contributed by atoms with Gasteiger partial charge in [-0.3, -0.25) is 14.6 Å². The van der Waals surface area contributed by atoms with E-state index in [1.807, 2.05) is 105 Å². The highest BCUT2D eigenvalue weighted by molar-refractivity contribution is 7.18. The van der Waals surface area contributed by atoms with E-state index in [1.54, 1.807) is 96.9 Å². The predicted molar refractivity (Wildman–Crippen MR) is 274 cm³/mol. The summed E-state index contributed by atoms with van der Waals surface area (Å²) in [4.78, 5) is 44.1. The fourth-order valence-electron chi connectivity index (χ4n) is 6.81. The van der Waals surface area contributed by atoms with Crippen LogP contribution in [-0.4, -0.2) is 93.2 Å². The van der Waals surface area contributed by atoms with Gasteiger partial charge >= 0.3 is 0 Å². The Morgan fingerprint density at radius 1 is 0.500 bits per heavy atom. The molecule has 0 bridgehead atoms. The summed E-state index contributed by atoms with van der Waals surface area (Å²) in [5.74, 6) is 5.47. The van der Waals surface area contributed by atoms with Crippen molar-refractivity contribution in [3.8, 4) is 69.6 Å². The summed E-state index contributed by atoms with van der Waals surface area (Å²) in [5, 5.41) is 16.2. The molecule has 0 fully saturated rings. The second-order valence-electron chi connectivity index (χ2n) is 14.8. The van der Waals surface area contributed by atoms with E-state index in [0.717, 1.165) is 75.0 Å². The van der Waals surface area contributed by atoms with Crippen LogP contribution in [0.4, 0.5) is 0 Å². The summed E-state index contributed by atoms with van der Waals surface area (Å²) in [6.07, 6.45) is 3.46. The van der Waals surface area contributed by atoms with Crippen LogP contribution >= 0.6 is 45.3 Å². The van der Waals surface area contributed by atoms with Crippen molar-refractivity contribution in [2.24, 2.45) is 7.05 Å². The Morgan fingerprint density at radius 3 is 1.41 bits per heavy atom. The third kappa shape index (κ3) is 10.1. The van der Waals surface area contributed by atoms with E-state index in [4.69, 9.17) is 23.5 Å². The average Bonchev–Trinajstić information content (AvgIpc) is 4.28. The minimum absolute atomic E-state index is 0.518. The van der Waals surface area contributed by atoms with Gasteiger partial charge < -0.3 is 23.5 Å². The van der Waals surface area contributed by atoms with Gasteiger partial charge in [-0.1, -0.05) is 17.3 Å². The second kappa shape index (κ2) is 21.2. The molecule has 12 heterocycles. The van der Waals surface area contributed by atoms with Gasteiger partial charge in [0, 0.05) is 25.5 Å².